The number of nitrogens with two attached hydrogens (primary N) is 1. The molecule has 0 aliphatic rings. The summed E-state index contributed by atoms with van der Waals surface area (Å²) >= 11 is 0. The second-order valence-corrected chi connectivity index (χ2v) is 4.79. The maximum atomic E-state index is 5.92. The van der Waals surface area contributed by atoms with Crippen LogP contribution in [0.1, 0.15) is 24.0 Å². The minimum Gasteiger partial charge on any atom is -0.383 e. The fourth-order valence-corrected chi connectivity index (χ4v) is 2.51. The van der Waals surface area contributed by atoms with E-state index in [1.807, 2.05) is 25.2 Å². The normalized spacial score (nSPS) is 11.1. The lowest BCUT2D eigenvalue weighted by atomic mass is 10.1. The zero-order chi connectivity index (χ0) is 14.1. The van der Waals surface area contributed by atoms with E-state index < -0.39 is 0 Å². The third-order valence-electron chi connectivity index (χ3n) is 3.63. The number of rotatable bonds is 3. The molecule has 2 heterocycles. The highest BCUT2D eigenvalue weighted by molar-refractivity contribution is 5.75. The lowest BCUT2D eigenvalue weighted by Gasteiger charge is -2.08. The number of para-hydroxylation sites is 2. The van der Waals surface area contributed by atoms with Crippen molar-refractivity contribution in [2.45, 2.75) is 19.8 Å². The van der Waals surface area contributed by atoms with Crippen molar-refractivity contribution in [1.82, 2.24) is 19.5 Å². The number of hydrogen-bond acceptors (Lipinski definition) is 4. The summed E-state index contributed by atoms with van der Waals surface area (Å²) in [5.41, 5.74) is 10.0. The fraction of sp³-hybridized carbons (Fsp3) is 0.267. The van der Waals surface area contributed by atoms with Gasteiger partial charge in [-0.2, -0.15) is 0 Å². The Balaban J connectivity index is 2.06. The maximum absolute atomic E-state index is 5.92. The van der Waals surface area contributed by atoms with Crippen molar-refractivity contribution in [2.75, 3.05) is 5.73 Å². The molecule has 0 aliphatic heterocycles. The predicted molar refractivity (Wildman–Crippen MR) is 79.3 cm³/mol. The molecule has 0 bridgehead atoms. The molecule has 2 aromatic heterocycles. The predicted octanol–water partition coefficient (Wildman–Crippen LogP) is 2.10. The van der Waals surface area contributed by atoms with Gasteiger partial charge in [0.1, 0.15) is 18.0 Å². The van der Waals surface area contributed by atoms with Gasteiger partial charge in [0.2, 0.25) is 0 Å². The standard InChI is InChI=1S/C15H17N5/c1-3-10-12(17-9-18-15(10)16)8-14-19-11-6-4-5-7-13(11)20(14)2/h4-7,9H,3,8H2,1-2H3,(H2,16,17,18). The van der Waals surface area contributed by atoms with Gasteiger partial charge in [-0.3, -0.25) is 0 Å². The molecule has 2 N–H and O–H groups in total. The highest BCUT2D eigenvalue weighted by Crippen LogP contribution is 2.19. The van der Waals surface area contributed by atoms with Gasteiger partial charge in [-0.15, -0.1) is 0 Å². The quantitative estimate of drug-likeness (QED) is 0.789. The number of nitrogens with zero attached hydrogens (tertiary/aromatic N) is 4. The summed E-state index contributed by atoms with van der Waals surface area (Å²) in [7, 11) is 2.03. The van der Waals surface area contributed by atoms with Crippen LogP contribution in [0.4, 0.5) is 5.82 Å². The van der Waals surface area contributed by atoms with E-state index in [2.05, 4.69) is 32.5 Å². The molecular weight excluding hydrogens is 250 g/mol. The van der Waals surface area contributed by atoms with Crippen LogP contribution < -0.4 is 5.73 Å². The number of nitrogen functional groups attached to an aromatic ring is 1. The summed E-state index contributed by atoms with van der Waals surface area (Å²) in [6, 6.07) is 8.11. The Morgan fingerprint density at radius 1 is 1.20 bits per heavy atom. The van der Waals surface area contributed by atoms with E-state index in [-0.39, 0.29) is 0 Å². The number of imidazole rings is 1. The van der Waals surface area contributed by atoms with Crippen molar-refractivity contribution < 1.29 is 0 Å². The van der Waals surface area contributed by atoms with Crippen LogP contribution >= 0.6 is 0 Å². The van der Waals surface area contributed by atoms with Crippen molar-refractivity contribution in [3.63, 3.8) is 0 Å². The third-order valence-corrected chi connectivity index (χ3v) is 3.63. The molecule has 5 heteroatoms. The number of anilines is 1. The molecule has 0 unspecified atom stereocenters. The van der Waals surface area contributed by atoms with Crippen LogP contribution in [-0.4, -0.2) is 19.5 Å². The maximum Gasteiger partial charge on any atom is 0.130 e. The Bertz CT molecular complexity index is 760. The molecule has 3 rings (SSSR count). The van der Waals surface area contributed by atoms with E-state index in [4.69, 9.17) is 5.73 Å². The van der Waals surface area contributed by atoms with Crippen LogP contribution in [-0.2, 0) is 19.9 Å². The van der Waals surface area contributed by atoms with Crippen molar-refractivity contribution in [1.29, 1.82) is 0 Å². The van der Waals surface area contributed by atoms with Gasteiger partial charge in [0.25, 0.3) is 0 Å². The Kier molecular flexibility index (Phi) is 3.10. The Labute approximate surface area is 117 Å². The lowest BCUT2D eigenvalue weighted by Crippen LogP contribution is -2.07. The van der Waals surface area contributed by atoms with Gasteiger partial charge in [0.05, 0.1) is 16.7 Å². The van der Waals surface area contributed by atoms with Gasteiger partial charge in [0.15, 0.2) is 0 Å². The minimum absolute atomic E-state index is 0.566. The molecule has 0 radical (unpaired) electrons. The minimum atomic E-state index is 0.566. The molecule has 3 aromatic rings. The average Bonchev–Trinajstić information content (AvgIpc) is 2.76. The Morgan fingerprint density at radius 2 is 2.00 bits per heavy atom. The molecule has 0 saturated heterocycles. The first-order valence-electron chi connectivity index (χ1n) is 6.69. The fourth-order valence-electron chi connectivity index (χ4n) is 2.51. The molecular formula is C15H17N5. The lowest BCUT2D eigenvalue weighted by molar-refractivity contribution is 0.819. The van der Waals surface area contributed by atoms with Crippen LogP contribution in [0.15, 0.2) is 30.6 Å². The molecule has 0 spiro atoms. The van der Waals surface area contributed by atoms with Crippen molar-refractivity contribution in [3.8, 4) is 0 Å². The van der Waals surface area contributed by atoms with Gasteiger partial charge in [0, 0.05) is 19.0 Å². The van der Waals surface area contributed by atoms with E-state index in [1.165, 1.54) is 6.33 Å². The Hall–Kier alpha value is -2.43. The Morgan fingerprint density at radius 3 is 2.75 bits per heavy atom. The first-order chi connectivity index (χ1) is 9.70. The van der Waals surface area contributed by atoms with Crippen LogP contribution in [0, 0.1) is 0 Å². The van der Waals surface area contributed by atoms with Gasteiger partial charge < -0.3 is 10.3 Å². The number of hydrogen-bond donors (Lipinski definition) is 1. The molecule has 0 aliphatic carbocycles. The van der Waals surface area contributed by atoms with E-state index in [1.54, 1.807) is 0 Å². The van der Waals surface area contributed by atoms with Gasteiger partial charge in [-0.05, 0) is 18.6 Å². The monoisotopic (exact) mass is 267 g/mol. The summed E-state index contributed by atoms with van der Waals surface area (Å²) in [4.78, 5) is 13.1. The third kappa shape index (κ3) is 2.01. The topological polar surface area (TPSA) is 69.6 Å². The molecule has 20 heavy (non-hydrogen) atoms. The summed E-state index contributed by atoms with van der Waals surface area (Å²) in [6.45, 7) is 2.06. The summed E-state index contributed by atoms with van der Waals surface area (Å²) in [5, 5.41) is 0. The molecule has 102 valence electrons. The summed E-state index contributed by atoms with van der Waals surface area (Å²) < 4.78 is 2.10. The molecule has 0 saturated carbocycles. The number of aryl methyl sites for hydroxylation is 1. The van der Waals surface area contributed by atoms with Crippen molar-refractivity contribution in [3.05, 3.63) is 47.7 Å². The van der Waals surface area contributed by atoms with E-state index in [0.717, 1.165) is 34.5 Å². The van der Waals surface area contributed by atoms with E-state index in [0.29, 0.717) is 12.2 Å². The van der Waals surface area contributed by atoms with Crippen molar-refractivity contribution >= 4 is 16.9 Å². The highest BCUT2D eigenvalue weighted by atomic mass is 15.1. The highest BCUT2D eigenvalue weighted by Gasteiger charge is 2.12. The molecule has 0 atom stereocenters. The molecule has 5 nitrogen and oxygen atoms in total. The van der Waals surface area contributed by atoms with Crippen LogP contribution in [0.5, 0.6) is 0 Å². The first-order valence-corrected chi connectivity index (χ1v) is 6.69. The number of benzene rings is 1. The van der Waals surface area contributed by atoms with Gasteiger partial charge >= 0.3 is 0 Å². The first kappa shape index (κ1) is 12.6. The smallest absolute Gasteiger partial charge is 0.130 e. The van der Waals surface area contributed by atoms with Crippen LogP contribution in [0.3, 0.4) is 0 Å². The van der Waals surface area contributed by atoms with Gasteiger partial charge in [-0.1, -0.05) is 19.1 Å². The average molecular weight is 267 g/mol. The summed E-state index contributed by atoms with van der Waals surface area (Å²) in [6.07, 6.45) is 3.01. The summed E-state index contributed by atoms with van der Waals surface area (Å²) in [5.74, 6) is 1.55. The largest absolute Gasteiger partial charge is 0.383 e. The van der Waals surface area contributed by atoms with Crippen molar-refractivity contribution in [2.24, 2.45) is 7.05 Å². The molecule has 0 amide bonds. The zero-order valence-corrected chi connectivity index (χ0v) is 11.7. The second kappa shape index (κ2) is 4.92. The molecule has 1 aromatic carbocycles. The van der Waals surface area contributed by atoms with E-state index >= 15 is 0 Å². The zero-order valence-electron chi connectivity index (χ0n) is 11.7. The van der Waals surface area contributed by atoms with Crippen LogP contribution in [0.25, 0.3) is 11.0 Å². The molecule has 0 fully saturated rings. The van der Waals surface area contributed by atoms with Gasteiger partial charge in [-0.25, -0.2) is 15.0 Å². The SMILES string of the molecule is CCc1c(N)ncnc1Cc1nc2ccccc2n1C. The van der Waals surface area contributed by atoms with Crippen LogP contribution in [0.2, 0.25) is 0 Å². The number of aromatic nitrogens is 4. The van der Waals surface area contributed by atoms with E-state index in [9.17, 15) is 0 Å². The second-order valence-electron chi connectivity index (χ2n) is 4.79. The number of fused-ring (bicyclic) bond motifs is 1.